The number of aromatic nitrogens is 1. The first kappa shape index (κ1) is 13.2. The van der Waals surface area contributed by atoms with Crippen molar-refractivity contribution in [1.29, 1.82) is 0 Å². The topological polar surface area (TPSA) is 56.0 Å². The fraction of sp³-hybridized carbons (Fsp3) is 0.600. The molecule has 1 heterocycles. The second-order valence-corrected chi connectivity index (χ2v) is 5.27. The van der Waals surface area contributed by atoms with Gasteiger partial charge in [0, 0.05) is 30.3 Å². The van der Waals surface area contributed by atoms with Gasteiger partial charge in [0.1, 0.15) is 5.78 Å². The van der Waals surface area contributed by atoms with Crippen LogP contribution in [0.3, 0.4) is 0 Å². The highest BCUT2D eigenvalue weighted by atomic mass is 16.1. The Balaban J connectivity index is 1.90. The molecular formula is C15H22N2O. The van der Waals surface area contributed by atoms with Gasteiger partial charge in [0.2, 0.25) is 0 Å². The molecule has 2 rings (SSSR count). The molecule has 0 unspecified atom stereocenters. The van der Waals surface area contributed by atoms with Gasteiger partial charge in [-0.15, -0.1) is 0 Å². The molecule has 0 aromatic carbocycles. The average molecular weight is 246 g/mol. The molecule has 3 heteroatoms. The Morgan fingerprint density at radius 1 is 1.33 bits per heavy atom. The third-order valence-electron chi connectivity index (χ3n) is 3.88. The Bertz CT molecular complexity index is 391. The van der Waals surface area contributed by atoms with Gasteiger partial charge in [0.25, 0.3) is 0 Å². The minimum Gasteiger partial charge on any atom is -0.328 e. The first-order chi connectivity index (χ1) is 8.69. The molecule has 18 heavy (non-hydrogen) atoms. The van der Waals surface area contributed by atoms with Gasteiger partial charge in [-0.05, 0) is 43.7 Å². The summed E-state index contributed by atoms with van der Waals surface area (Å²) >= 11 is 0. The summed E-state index contributed by atoms with van der Waals surface area (Å²) in [5, 5.41) is 0. The van der Waals surface area contributed by atoms with Crippen molar-refractivity contribution < 1.29 is 4.79 Å². The first-order valence-corrected chi connectivity index (χ1v) is 6.91. The zero-order chi connectivity index (χ0) is 13.0. The minimum absolute atomic E-state index is 0.206. The van der Waals surface area contributed by atoms with Crippen molar-refractivity contribution in [2.45, 2.75) is 51.5 Å². The lowest BCUT2D eigenvalue weighted by Gasteiger charge is -2.24. The summed E-state index contributed by atoms with van der Waals surface area (Å²) in [7, 11) is 0. The molecule has 1 aromatic heterocycles. The molecule has 1 aliphatic rings. The minimum atomic E-state index is 0.206. The largest absolute Gasteiger partial charge is 0.328 e. The maximum Gasteiger partial charge on any atom is 0.141 e. The van der Waals surface area contributed by atoms with Crippen LogP contribution in [-0.2, 0) is 17.6 Å². The summed E-state index contributed by atoms with van der Waals surface area (Å²) in [6.07, 6.45) is 7.21. The van der Waals surface area contributed by atoms with Crippen molar-refractivity contribution in [2.75, 3.05) is 0 Å². The highest BCUT2D eigenvalue weighted by molar-refractivity contribution is 5.83. The average Bonchev–Trinajstić information content (AvgIpc) is 2.40. The number of rotatable bonds is 4. The van der Waals surface area contributed by atoms with E-state index >= 15 is 0 Å². The van der Waals surface area contributed by atoms with Crippen molar-refractivity contribution in [2.24, 2.45) is 11.7 Å². The third kappa shape index (κ3) is 3.39. The molecule has 0 bridgehead atoms. The predicted octanol–water partition coefficient (Wildman–Crippen LogP) is 2.27. The van der Waals surface area contributed by atoms with Gasteiger partial charge in [-0.1, -0.05) is 13.0 Å². The van der Waals surface area contributed by atoms with E-state index in [2.05, 4.69) is 18.0 Å². The fourth-order valence-electron chi connectivity index (χ4n) is 2.53. The lowest BCUT2D eigenvalue weighted by Crippen LogP contribution is -2.30. The van der Waals surface area contributed by atoms with Gasteiger partial charge in [-0.3, -0.25) is 9.78 Å². The second-order valence-electron chi connectivity index (χ2n) is 5.27. The van der Waals surface area contributed by atoms with Crippen LogP contribution in [0.5, 0.6) is 0 Å². The van der Waals surface area contributed by atoms with Gasteiger partial charge in [0.05, 0.1) is 0 Å². The van der Waals surface area contributed by atoms with Crippen molar-refractivity contribution >= 4 is 5.78 Å². The number of nitrogens with zero attached hydrogens (tertiary/aromatic N) is 1. The Morgan fingerprint density at radius 2 is 2.06 bits per heavy atom. The van der Waals surface area contributed by atoms with E-state index in [0.717, 1.165) is 37.8 Å². The van der Waals surface area contributed by atoms with E-state index in [1.54, 1.807) is 0 Å². The van der Waals surface area contributed by atoms with Crippen LogP contribution in [0, 0.1) is 5.92 Å². The molecule has 0 amide bonds. The zero-order valence-corrected chi connectivity index (χ0v) is 11.1. The fourth-order valence-corrected chi connectivity index (χ4v) is 2.53. The van der Waals surface area contributed by atoms with E-state index in [9.17, 15) is 4.79 Å². The van der Waals surface area contributed by atoms with Crippen LogP contribution in [0.1, 0.15) is 43.9 Å². The highest BCUT2D eigenvalue weighted by Crippen LogP contribution is 2.24. The molecule has 1 aromatic rings. The van der Waals surface area contributed by atoms with Crippen LogP contribution < -0.4 is 5.73 Å². The van der Waals surface area contributed by atoms with Gasteiger partial charge in [-0.2, -0.15) is 0 Å². The molecule has 0 atom stereocenters. The van der Waals surface area contributed by atoms with E-state index < -0.39 is 0 Å². The molecule has 0 radical (unpaired) electrons. The number of pyridine rings is 1. The summed E-state index contributed by atoms with van der Waals surface area (Å²) in [5.41, 5.74) is 7.97. The van der Waals surface area contributed by atoms with Gasteiger partial charge in [0.15, 0.2) is 0 Å². The molecule has 1 saturated carbocycles. The van der Waals surface area contributed by atoms with Gasteiger partial charge in [-0.25, -0.2) is 0 Å². The predicted molar refractivity (Wildman–Crippen MR) is 72.3 cm³/mol. The Kier molecular flexibility index (Phi) is 4.48. The quantitative estimate of drug-likeness (QED) is 0.886. The molecule has 0 saturated heterocycles. The molecular weight excluding hydrogens is 224 g/mol. The van der Waals surface area contributed by atoms with Crippen LogP contribution in [0.2, 0.25) is 0 Å². The SMILES string of the molecule is CCc1ccc(CC(=O)C2CCC(N)CC2)nc1. The maximum absolute atomic E-state index is 12.1. The van der Waals surface area contributed by atoms with Crippen molar-refractivity contribution in [1.82, 2.24) is 4.98 Å². The number of aryl methyl sites for hydroxylation is 1. The molecule has 3 nitrogen and oxygen atoms in total. The van der Waals surface area contributed by atoms with E-state index in [1.165, 1.54) is 5.56 Å². The normalized spacial score (nSPS) is 23.9. The lowest BCUT2D eigenvalue weighted by molar-refractivity contribution is -0.123. The molecule has 1 aliphatic carbocycles. The molecule has 1 fully saturated rings. The molecule has 2 N–H and O–H groups in total. The van der Waals surface area contributed by atoms with Gasteiger partial charge < -0.3 is 5.73 Å². The van der Waals surface area contributed by atoms with E-state index in [4.69, 9.17) is 5.73 Å². The van der Waals surface area contributed by atoms with E-state index in [-0.39, 0.29) is 5.92 Å². The standard InChI is InChI=1S/C15H22N2O/c1-2-11-3-8-14(17-10-11)9-15(18)12-4-6-13(16)7-5-12/h3,8,10,12-13H,2,4-7,9,16H2,1H3. The number of hydrogen-bond acceptors (Lipinski definition) is 3. The highest BCUT2D eigenvalue weighted by Gasteiger charge is 2.24. The van der Waals surface area contributed by atoms with E-state index in [0.29, 0.717) is 18.2 Å². The zero-order valence-electron chi connectivity index (χ0n) is 11.1. The van der Waals surface area contributed by atoms with Crippen LogP contribution in [-0.4, -0.2) is 16.8 Å². The van der Waals surface area contributed by atoms with Gasteiger partial charge >= 0.3 is 0 Å². The summed E-state index contributed by atoms with van der Waals surface area (Å²) < 4.78 is 0. The summed E-state index contributed by atoms with van der Waals surface area (Å²) in [4.78, 5) is 16.5. The van der Waals surface area contributed by atoms with Crippen LogP contribution in [0.4, 0.5) is 0 Å². The van der Waals surface area contributed by atoms with Crippen LogP contribution >= 0.6 is 0 Å². The Morgan fingerprint density at radius 3 is 2.61 bits per heavy atom. The third-order valence-corrected chi connectivity index (χ3v) is 3.88. The number of carbonyl (C=O) groups is 1. The smallest absolute Gasteiger partial charge is 0.141 e. The van der Waals surface area contributed by atoms with E-state index in [1.807, 2.05) is 12.3 Å². The van der Waals surface area contributed by atoms with Crippen molar-refractivity contribution in [3.05, 3.63) is 29.6 Å². The van der Waals surface area contributed by atoms with Crippen molar-refractivity contribution in [3.8, 4) is 0 Å². The second kappa shape index (κ2) is 6.10. The number of carbonyl (C=O) groups excluding carboxylic acids is 1. The lowest BCUT2D eigenvalue weighted by atomic mass is 9.82. The first-order valence-electron chi connectivity index (χ1n) is 6.91. The molecule has 98 valence electrons. The number of Topliss-reactive ketones (excluding diaryl/α,β-unsaturated/α-hetero) is 1. The Labute approximate surface area is 109 Å². The summed E-state index contributed by atoms with van der Waals surface area (Å²) in [6.45, 7) is 2.10. The summed E-state index contributed by atoms with van der Waals surface area (Å²) in [5.74, 6) is 0.538. The van der Waals surface area contributed by atoms with Crippen LogP contribution in [0.25, 0.3) is 0 Å². The number of ketones is 1. The van der Waals surface area contributed by atoms with Crippen molar-refractivity contribution in [3.63, 3.8) is 0 Å². The summed E-state index contributed by atoms with van der Waals surface area (Å²) in [6, 6.07) is 4.34. The Hall–Kier alpha value is -1.22. The number of nitrogens with two attached hydrogens (primary N) is 1. The van der Waals surface area contributed by atoms with Crippen LogP contribution in [0.15, 0.2) is 18.3 Å². The number of hydrogen-bond donors (Lipinski definition) is 1. The monoisotopic (exact) mass is 246 g/mol. The maximum atomic E-state index is 12.1. The molecule has 0 aliphatic heterocycles. The molecule has 0 spiro atoms.